The Labute approximate surface area is 223 Å². The molecular weight excluding hydrogens is 491 g/mol. The Bertz CT molecular complexity index is 1220. The van der Waals surface area contributed by atoms with Crippen LogP contribution in [0.25, 0.3) is 0 Å². The lowest BCUT2D eigenvalue weighted by molar-refractivity contribution is 0.285. The summed E-state index contributed by atoms with van der Waals surface area (Å²) >= 11 is 0. The van der Waals surface area contributed by atoms with E-state index in [1.807, 2.05) is 19.1 Å². The summed E-state index contributed by atoms with van der Waals surface area (Å²) < 4.78 is 12.7. The van der Waals surface area contributed by atoms with Crippen LogP contribution in [0, 0.1) is 20.8 Å². The third-order valence-electron chi connectivity index (χ3n) is 6.68. The summed E-state index contributed by atoms with van der Waals surface area (Å²) in [5, 5.41) is 15.5. The van der Waals surface area contributed by atoms with E-state index in [0.717, 1.165) is 11.1 Å². The van der Waals surface area contributed by atoms with Crippen LogP contribution in [0.3, 0.4) is 0 Å². The monoisotopic (exact) mass is 529 g/mol. The van der Waals surface area contributed by atoms with E-state index in [-0.39, 0.29) is 5.75 Å². The molecule has 4 aromatic rings. The minimum atomic E-state index is -2.44. The van der Waals surface area contributed by atoms with E-state index in [0.29, 0.717) is 12.8 Å². The van der Waals surface area contributed by atoms with Gasteiger partial charge in [-0.2, -0.15) is 0 Å². The molecular formula is C32H38O3PSi+. The molecule has 0 aliphatic carbocycles. The molecule has 0 aliphatic rings. The van der Waals surface area contributed by atoms with Gasteiger partial charge in [0.15, 0.2) is 11.1 Å². The Morgan fingerprint density at radius 1 is 0.676 bits per heavy atom. The molecule has 0 saturated heterocycles. The molecule has 0 radical (unpaired) electrons. The van der Waals surface area contributed by atoms with Gasteiger partial charge in [-0.25, -0.2) is 0 Å². The van der Waals surface area contributed by atoms with Crippen LogP contribution in [0.5, 0.6) is 11.5 Å². The van der Waals surface area contributed by atoms with Crippen LogP contribution in [0.2, 0.25) is 13.1 Å². The average molecular weight is 530 g/mol. The SMILES string of the molecule is CCO[Si](C)(C)COc1ccc(O)cc1[P+](c1ccc(C)cc1)(c1ccc(C)cc1)c1ccc(C)cc1. The van der Waals surface area contributed by atoms with E-state index in [1.54, 1.807) is 6.07 Å². The van der Waals surface area contributed by atoms with Gasteiger partial charge in [-0.1, -0.05) is 53.1 Å². The molecule has 0 spiro atoms. The Hall–Kier alpha value is -2.91. The van der Waals surface area contributed by atoms with Crippen molar-refractivity contribution in [3.63, 3.8) is 0 Å². The minimum Gasteiger partial charge on any atom is -0.508 e. The molecule has 3 nitrogen and oxygen atoms in total. The first-order valence-corrected chi connectivity index (χ1v) is 17.8. The van der Waals surface area contributed by atoms with Crippen LogP contribution in [0.4, 0.5) is 0 Å². The molecule has 0 atom stereocenters. The maximum atomic E-state index is 10.8. The first-order valence-electron chi connectivity index (χ1n) is 12.9. The van der Waals surface area contributed by atoms with Crippen molar-refractivity contribution in [3.05, 3.63) is 108 Å². The Morgan fingerprint density at radius 3 is 1.51 bits per heavy atom. The van der Waals surface area contributed by atoms with Crippen LogP contribution < -0.4 is 26.0 Å². The fourth-order valence-corrected chi connectivity index (χ4v) is 10.4. The molecule has 0 heterocycles. The van der Waals surface area contributed by atoms with Gasteiger partial charge in [0.25, 0.3) is 0 Å². The van der Waals surface area contributed by atoms with Gasteiger partial charge in [-0.15, -0.1) is 0 Å². The normalized spacial score (nSPS) is 11.9. The Balaban J connectivity index is 2.06. The summed E-state index contributed by atoms with van der Waals surface area (Å²) in [5.41, 5.74) is 3.64. The number of hydrogen-bond acceptors (Lipinski definition) is 3. The second-order valence-electron chi connectivity index (χ2n) is 10.3. The van der Waals surface area contributed by atoms with Crippen molar-refractivity contribution < 1.29 is 14.3 Å². The van der Waals surface area contributed by atoms with Crippen LogP contribution >= 0.6 is 7.26 Å². The number of hydrogen-bond donors (Lipinski definition) is 1. The smallest absolute Gasteiger partial charge is 0.224 e. The number of phenols is 1. The van der Waals surface area contributed by atoms with Crippen LogP contribution in [0.1, 0.15) is 23.6 Å². The predicted molar refractivity (Wildman–Crippen MR) is 162 cm³/mol. The van der Waals surface area contributed by atoms with Gasteiger partial charge in [0.2, 0.25) is 8.32 Å². The maximum Gasteiger partial charge on any atom is 0.224 e. The third-order valence-corrected chi connectivity index (χ3v) is 12.9. The molecule has 0 unspecified atom stereocenters. The Kier molecular flexibility index (Phi) is 8.23. The highest BCUT2D eigenvalue weighted by Crippen LogP contribution is 2.56. The lowest BCUT2D eigenvalue weighted by Crippen LogP contribution is -2.41. The van der Waals surface area contributed by atoms with E-state index >= 15 is 0 Å². The number of benzene rings is 4. The van der Waals surface area contributed by atoms with Gasteiger partial charge < -0.3 is 14.3 Å². The summed E-state index contributed by atoms with van der Waals surface area (Å²) in [6.45, 7) is 13.4. The number of rotatable bonds is 9. The van der Waals surface area contributed by atoms with Crippen molar-refractivity contribution in [1.29, 1.82) is 0 Å². The lowest BCUT2D eigenvalue weighted by atomic mass is 10.2. The van der Waals surface area contributed by atoms with Gasteiger partial charge in [0.05, 0.1) is 0 Å². The minimum absolute atomic E-state index is 0.236. The van der Waals surface area contributed by atoms with Crippen LogP contribution in [-0.2, 0) is 4.43 Å². The molecule has 4 aromatic carbocycles. The highest BCUT2D eigenvalue weighted by molar-refractivity contribution is 8.01. The number of phenolic OH excluding ortho intramolecular Hbond substituents is 1. The molecule has 0 aliphatic heterocycles. The predicted octanol–water partition coefficient (Wildman–Crippen LogP) is 6.10. The molecule has 0 aromatic heterocycles. The van der Waals surface area contributed by atoms with Crippen molar-refractivity contribution in [2.75, 3.05) is 12.8 Å². The van der Waals surface area contributed by atoms with E-state index in [4.69, 9.17) is 9.16 Å². The molecule has 0 fully saturated rings. The fourth-order valence-electron chi connectivity index (χ4n) is 4.74. The average Bonchev–Trinajstić information content (AvgIpc) is 2.87. The molecule has 192 valence electrons. The van der Waals surface area contributed by atoms with E-state index in [1.165, 1.54) is 32.6 Å². The summed E-state index contributed by atoms with van der Waals surface area (Å²) in [6.07, 6.45) is 0.536. The highest BCUT2D eigenvalue weighted by Gasteiger charge is 2.50. The van der Waals surface area contributed by atoms with Crippen molar-refractivity contribution in [1.82, 2.24) is 0 Å². The zero-order chi connectivity index (χ0) is 26.6. The van der Waals surface area contributed by atoms with E-state index in [9.17, 15) is 5.11 Å². The highest BCUT2D eigenvalue weighted by atomic mass is 31.2. The summed E-state index contributed by atoms with van der Waals surface area (Å²) in [4.78, 5) is 0. The van der Waals surface area contributed by atoms with E-state index < -0.39 is 15.6 Å². The lowest BCUT2D eigenvalue weighted by Gasteiger charge is -2.30. The van der Waals surface area contributed by atoms with Crippen LogP contribution in [-0.4, -0.2) is 26.3 Å². The quantitative estimate of drug-likeness (QED) is 0.210. The molecule has 4 rings (SSSR count). The van der Waals surface area contributed by atoms with Crippen molar-refractivity contribution in [2.24, 2.45) is 0 Å². The van der Waals surface area contributed by atoms with Gasteiger partial charge in [0, 0.05) is 12.7 Å². The molecule has 5 heteroatoms. The topological polar surface area (TPSA) is 38.7 Å². The van der Waals surface area contributed by atoms with Gasteiger partial charge in [-0.05, 0) is 89.3 Å². The second-order valence-corrected chi connectivity index (χ2v) is 17.8. The number of aromatic hydroxyl groups is 1. The zero-order valence-electron chi connectivity index (χ0n) is 22.8. The van der Waals surface area contributed by atoms with Crippen molar-refractivity contribution in [2.45, 2.75) is 40.8 Å². The fraction of sp³-hybridized carbons (Fsp3) is 0.250. The first-order chi connectivity index (χ1) is 17.7. The molecule has 1 N–H and O–H groups in total. The maximum absolute atomic E-state index is 10.8. The molecule has 37 heavy (non-hydrogen) atoms. The Morgan fingerprint density at radius 2 is 1.11 bits per heavy atom. The third kappa shape index (κ3) is 5.83. The second kappa shape index (κ2) is 11.2. The number of ether oxygens (including phenoxy) is 1. The van der Waals surface area contributed by atoms with Gasteiger partial charge in [-0.3, -0.25) is 0 Å². The van der Waals surface area contributed by atoms with Gasteiger partial charge >= 0.3 is 0 Å². The zero-order valence-corrected chi connectivity index (χ0v) is 24.7. The summed E-state index contributed by atoms with van der Waals surface area (Å²) in [7, 11) is -4.45. The van der Waals surface area contributed by atoms with Crippen molar-refractivity contribution >= 4 is 36.8 Å². The molecule has 0 bridgehead atoms. The largest absolute Gasteiger partial charge is 0.508 e. The summed E-state index contributed by atoms with van der Waals surface area (Å²) in [6, 6.07) is 32.1. The number of aryl methyl sites for hydroxylation is 3. The molecule has 0 saturated carbocycles. The van der Waals surface area contributed by atoms with E-state index in [2.05, 4.69) is 107 Å². The standard InChI is InChI=1S/C32H37O3PSi/c1-7-35-37(5,6)23-34-31-21-14-27(33)22-32(31)36(28-15-8-24(2)9-16-28,29-17-10-25(3)11-18-29)30-19-12-26(4)13-20-30/h8-22H,7,23H2,1-6H3/p+1. The van der Waals surface area contributed by atoms with Gasteiger partial charge in [0.1, 0.15) is 35.2 Å². The molecule has 0 amide bonds. The van der Waals surface area contributed by atoms with Crippen LogP contribution in [0.15, 0.2) is 91.0 Å². The van der Waals surface area contributed by atoms with Crippen molar-refractivity contribution in [3.8, 4) is 11.5 Å². The summed E-state index contributed by atoms with van der Waals surface area (Å²) in [5.74, 6) is 1.03. The first kappa shape index (κ1) is 27.1.